The first kappa shape index (κ1) is 12.6. The molecule has 0 fully saturated rings. The maximum atomic E-state index is 3.42. The van der Waals surface area contributed by atoms with Gasteiger partial charge in [0.1, 0.15) is 0 Å². The quantitative estimate of drug-likeness (QED) is 0.815. The first-order chi connectivity index (χ1) is 8.35. The number of hydrogen-bond acceptors (Lipinski definition) is 2. The van der Waals surface area contributed by atoms with Crippen molar-refractivity contribution < 1.29 is 0 Å². The van der Waals surface area contributed by atoms with E-state index in [1.165, 1.54) is 31.2 Å². The molecule has 0 amide bonds. The molecule has 17 heavy (non-hydrogen) atoms. The highest BCUT2D eigenvalue weighted by Crippen LogP contribution is 2.25. The van der Waals surface area contributed by atoms with Crippen LogP contribution in [0.15, 0.2) is 18.2 Å². The van der Waals surface area contributed by atoms with Crippen molar-refractivity contribution in [3.05, 3.63) is 34.9 Å². The Morgan fingerprint density at radius 1 is 1.12 bits per heavy atom. The fourth-order valence-electron chi connectivity index (χ4n) is 2.74. The second kappa shape index (κ2) is 6.18. The summed E-state index contributed by atoms with van der Waals surface area (Å²) in [5.74, 6) is 0. The lowest BCUT2D eigenvalue weighted by Gasteiger charge is -2.21. The zero-order valence-corrected chi connectivity index (χ0v) is 11.1. The highest BCUT2D eigenvalue weighted by Gasteiger charge is 2.13. The van der Waals surface area contributed by atoms with Crippen molar-refractivity contribution in [3.8, 4) is 0 Å². The third-order valence-corrected chi connectivity index (χ3v) is 3.81. The molecule has 1 aliphatic carbocycles. The molecular formula is C15H24N2. The number of nitrogens with one attached hydrogen (secondary N) is 2. The fourth-order valence-corrected chi connectivity index (χ4v) is 2.74. The van der Waals surface area contributed by atoms with E-state index in [9.17, 15) is 0 Å². The number of fused-ring (bicyclic) bond motifs is 1. The van der Waals surface area contributed by atoms with Gasteiger partial charge in [-0.3, -0.25) is 0 Å². The molecule has 1 aromatic rings. The molecule has 2 heteroatoms. The second-order valence-corrected chi connectivity index (χ2v) is 4.97. The zero-order valence-electron chi connectivity index (χ0n) is 11.1. The molecule has 2 rings (SSSR count). The Morgan fingerprint density at radius 3 is 2.59 bits per heavy atom. The summed E-state index contributed by atoms with van der Waals surface area (Å²) in [4.78, 5) is 0. The van der Waals surface area contributed by atoms with E-state index in [2.05, 4.69) is 35.9 Å². The van der Waals surface area contributed by atoms with Gasteiger partial charge in [-0.05, 0) is 69.4 Å². The van der Waals surface area contributed by atoms with Gasteiger partial charge in [-0.25, -0.2) is 0 Å². The molecule has 1 unspecified atom stereocenters. The SMILES string of the molecule is CNCCC(NC)c1ccc2c(c1)CCCC2. The molecule has 1 aliphatic rings. The van der Waals surface area contributed by atoms with Gasteiger partial charge in [0.05, 0.1) is 0 Å². The van der Waals surface area contributed by atoms with Crippen molar-refractivity contribution in [2.75, 3.05) is 20.6 Å². The predicted molar refractivity (Wildman–Crippen MR) is 73.4 cm³/mol. The van der Waals surface area contributed by atoms with E-state index in [0.717, 1.165) is 13.0 Å². The molecule has 1 aromatic carbocycles. The van der Waals surface area contributed by atoms with Crippen LogP contribution >= 0.6 is 0 Å². The number of benzene rings is 1. The third-order valence-electron chi connectivity index (χ3n) is 3.81. The molecule has 1 atom stereocenters. The molecule has 94 valence electrons. The second-order valence-electron chi connectivity index (χ2n) is 4.97. The first-order valence-electron chi connectivity index (χ1n) is 6.78. The maximum Gasteiger partial charge on any atom is 0.0329 e. The Labute approximate surface area is 105 Å². The Hall–Kier alpha value is -0.860. The monoisotopic (exact) mass is 232 g/mol. The Bertz CT molecular complexity index is 360. The van der Waals surface area contributed by atoms with E-state index in [4.69, 9.17) is 0 Å². The van der Waals surface area contributed by atoms with Crippen LogP contribution in [0, 0.1) is 0 Å². The summed E-state index contributed by atoms with van der Waals surface area (Å²) >= 11 is 0. The summed E-state index contributed by atoms with van der Waals surface area (Å²) in [6.07, 6.45) is 6.41. The minimum Gasteiger partial charge on any atom is -0.320 e. The van der Waals surface area contributed by atoms with E-state index in [-0.39, 0.29) is 0 Å². The average molecular weight is 232 g/mol. The van der Waals surface area contributed by atoms with Gasteiger partial charge in [0.15, 0.2) is 0 Å². The minimum absolute atomic E-state index is 0.481. The fraction of sp³-hybridized carbons (Fsp3) is 0.600. The molecule has 0 aromatic heterocycles. The van der Waals surface area contributed by atoms with Gasteiger partial charge in [0.25, 0.3) is 0 Å². The highest BCUT2D eigenvalue weighted by molar-refractivity contribution is 5.35. The lowest BCUT2D eigenvalue weighted by Crippen LogP contribution is -2.22. The van der Waals surface area contributed by atoms with E-state index >= 15 is 0 Å². The average Bonchev–Trinajstić information content (AvgIpc) is 2.39. The summed E-state index contributed by atoms with van der Waals surface area (Å²) < 4.78 is 0. The van der Waals surface area contributed by atoms with Crippen molar-refractivity contribution in [2.24, 2.45) is 0 Å². The predicted octanol–water partition coefficient (Wildman–Crippen LogP) is 2.44. The van der Waals surface area contributed by atoms with Crippen molar-refractivity contribution in [2.45, 2.75) is 38.1 Å². The van der Waals surface area contributed by atoms with Crippen molar-refractivity contribution >= 4 is 0 Å². The van der Waals surface area contributed by atoms with E-state index < -0.39 is 0 Å². The van der Waals surface area contributed by atoms with Gasteiger partial charge in [0.2, 0.25) is 0 Å². The molecule has 0 bridgehead atoms. The maximum absolute atomic E-state index is 3.42. The molecule has 0 aliphatic heterocycles. The van der Waals surface area contributed by atoms with Gasteiger partial charge in [-0.2, -0.15) is 0 Å². The Balaban J connectivity index is 2.13. The van der Waals surface area contributed by atoms with Gasteiger partial charge in [0, 0.05) is 6.04 Å². The van der Waals surface area contributed by atoms with E-state index in [1.807, 2.05) is 7.05 Å². The molecule has 0 heterocycles. The topological polar surface area (TPSA) is 24.1 Å². The first-order valence-corrected chi connectivity index (χ1v) is 6.78. The van der Waals surface area contributed by atoms with Gasteiger partial charge in [-0.15, -0.1) is 0 Å². The summed E-state index contributed by atoms with van der Waals surface area (Å²) in [6, 6.07) is 7.55. The van der Waals surface area contributed by atoms with Crippen LogP contribution in [0.1, 0.15) is 42.0 Å². The van der Waals surface area contributed by atoms with Crippen LogP contribution < -0.4 is 10.6 Å². The molecule has 2 N–H and O–H groups in total. The van der Waals surface area contributed by atoms with E-state index in [1.54, 1.807) is 11.1 Å². The van der Waals surface area contributed by atoms with Crippen LogP contribution in [0.3, 0.4) is 0 Å². The standard InChI is InChI=1S/C15H24N2/c1-16-10-9-15(17-2)14-8-7-12-5-3-4-6-13(12)11-14/h7-8,11,15-17H,3-6,9-10H2,1-2H3. The minimum atomic E-state index is 0.481. The molecule has 2 nitrogen and oxygen atoms in total. The molecule has 0 spiro atoms. The molecular weight excluding hydrogens is 208 g/mol. The van der Waals surface area contributed by atoms with Crippen LogP contribution in [-0.2, 0) is 12.8 Å². The van der Waals surface area contributed by atoms with Crippen LogP contribution in [0.25, 0.3) is 0 Å². The van der Waals surface area contributed by atoms with Gasteiger partial charge in [-0.1, -0.05) is 18.2 Å². The van der Waals surface area contributed by atoms with Crippen LogP contribution in [0.5, 0.6) is 0 Å². The number of aryl methyl sites for hydroxylation is 2. The van der Waals surface area contributed by atoms with Crippen molar-refractivity contribution in [3.63, 3.8) is 0 Å². The van der Waals surface area contributed by atoms with Crippen LogP contribution in [-0.4, -0.2) is 20.6 Å². The van der Waals surface area contributed by atoms with Crippen molar-refractivity contribution in [1.82, 2.24) is 10.6 Å². The van der Waals surface area contributed by atoms with Gasteiger partial charge >= 0.3 is 0 Å². The van der Waals surface area contributed by atoms with Gasteiger partial charge < -0.3 is 10.6 Å². The summed E-state index contributed by atoms with van der Waals surface area (Å²) in [5.41, 5.74) is 4.60. The zero-order chi connectivity index (χ0) is 12.1. The van der Waals surface area contributed by atoms with Crippen molar-refractivity contribution in [1.29, 1.82) is 0 Å². The van der Waals surface area contributed by atoms with E-state index in [0.29, 0.717) is 6.04 Å². The summed E-state index contributed by atoms with van der Waals surface area (Å²) in [6.45, 7) is 1.06. The molecule has 0 saturated carbocycles. The number of rotatable bonds is 5. The van der Waals surface area contributed by atoms with Crippen LogP contribution in [0.2, 0.25) is 0 Å². The largest absolute Gasteiger partial charge is 0.320 e. The number of hydrogen-bond donors (Lipinski definition) is 2. The normalized spacial score (nSPS) is 16.6. The molecule has 0 radical (unpaired) electrons. The molecule has 0 saturated heterocycles. The Morgan fingerprint density at radius 2 is 1.88 bits per heavy atom. The lowest BCUT2D eigenvalue weighted by atomic mass is 9.88. The highest BCUT2D eigenvalue weighted by atomic mass is 14.9. The smallest absolute Gasteiger partial charge is 0.0329 e. The Kier molecular flexibility index (Phi) is 4.57. The summed E-state index contributed by atoms with van der Waals surface area (Å²) in [7, 11) is 4.07. The lowest BCUT2D eigenvalue weighted by molar-refractivity contribution is 0.532. The summed E-state index contributed by atoms with van der Waals surface area (Å²) in [5, 5.41) is 6.64. The van der Waals surface area contributed by atoms with Crippen LogP contribution in [0.4, 0.5) is 0 Å². The third kappa shape index (κ3) is 3.08.